The van der Waals surface area contributed by atoms with E-state index in [0.29, 0.717) is 5.75 Å². The first-order chi connectivity index (χ1) is 9.01. The van der Waals surface area contributed by atoms with Crippen molar-refractivity contribution in [1.82, 2.24) is 0 Å². The van der Waals surface area contributed by atoms with Gasteiger partial charge < -0.3 is 9.79 Å². The molecule has 0 aliphatic rings. The van der Waals surface area contributed by atoms with E-state index in [4.69, 9.17) is 9.79 Å². The molecule has 0 bridgehead atoms. The number of aryl methyl sites for hydroxylation is 1. The summed E-state index contributed by atoms with van der Waals surface area (Å²) in [5.74, 6) is 0.665. The summed E-state index contributed by atoms with van der Waals surface area (Å²) in [6.45, 7) is 2.19. The van der Waals surface area contributed by atoms with Gasteiger partial charge >= 0.3 is 7.75 Å². The smallest absolute Gasteiger partial charge is 0.307 e. The summed E-state index contributed by atoms with van der Waals surface area (Å²) in [4.78, 5) is 17.1. The van der Waals surface area contributed by atoms with Gasteiger partial charge in [0, 0.05) is 5.75 Å². The molecule has 1 aromatic rings. The fourth-order valence-corrected chi connectivity index (χ4v) is 2.83. The molecular formula is C13H20NO3PS. The average Bonchev–Trinajstić information content (AvgIpc) is 2.36. The number of benzene rings is 1. The number of nitrogens with zero attached hydrogens (tertiary/aromatic N) is 1. The van der Waals surface area contributed by atoms with Gasteiger partial charge in [-0.1, -0.05) is 44.0 Å². The maximum atomic E-state index is 10.5. The van der Waals surface area contributed by atoms with Crippen molar-refractivity contribution in [2.45, 2.75) is 38.4 Å². The fraction of sp³-hybridized carbons (Fsp3) is 0.462. The van der Waals surface area contributed by atoms with Crippen molar-refractivity contribution in [2.24, 2.45) is 4.76 Å². The van der Waals surface area contributed by atoms with Crippen molar-refractivity contribution in [2.75, 3.05) is 0 Å². The van der Waals surface area contributed by atoms with E-state index in [0.717, 1.165) is 12.0 Å². The van der Waals surface area contributed by atoms with E-state index in [1.54, 1.807) is 0 Å². The van der Waals surface area contributed by atoms with E-state index in [1.165, 1.54) is 42.1 Å². The van der Waals surface area contributed by atoms with Gasteiger partial charge in [0.15, 0.2) is 0 Å². The first kappa shape index (κ1) is 16.4. The first-order valence-corrected chi connectivity index (χ1v) is 8.91. The topological polar surface area (TPSA) is 69.9 Å². The Labute approximate surface area is 118 Å². The lowest BCUT2D eigenvalue weighted by Crippen LogP contribution is -1.87. The molecule has 0 radical (unpaired) electrons. The summed E-state index contributed by atoms with van der Waals surface area (Å²) < 4.78 is 13.6. The lowest BCUT2D eigenvalue weighted by Gasteiger charge is -2.03. The third kappa shape index (κ3) is 8.22. The highest BCUT2D eigenvalue weighted by Gasteiger charge is 2.06. The van der Waals surface area contributed by atoms with Crippen molar-refractivity contribution in [3.8, 4) is 0 Å². The molecule has 0 saturated carbocycles. The molecule has 0 unspecified atom stereocenters. The van der Waals surface area contributed by atoms with E-state index in [2.05, 4.69) is 36.0 Å². The van der Waals surface area contributed by atoms with E-state index in [1.807, 2.05) is 0 Å². The van der Waals surface area contributed by atoms with Gasteiger partial charge in [0.1, 0.15) is 0 Å². The van der Waals surface area contributed by atoms with E-state index in [9.17, 15) is 4.57 Å². The fourth-order valence-electron chi connectivity index (χ4n) is 1.61. The third-order valence-corrected chi connectivity index (χ3v) is 3.94. The molecule has 0 fully saturated rings. The van der Waals surface area contributed by atoms with E-state index >= 15 is 0 Å². The van der Waals surface area contributed by atoms with Gasteiger partial charge in [-0.3, -0.25) is 0 Å². The zero-order valence-corrected chi connectivity index (χ0v) is 12.7. The second-order valence-corrected chi connectivity index (χ2v) is 6.41. The molecule has 0 aliphatic heterocycles. The molecule has 19 heavy (non-hydrogen) atoms. The van der Waals surface area contributed by atoms with Gasteiger partial charge in [-0.05, 0) is 24.0 Å². The number of unbranched alkanes of at least 4 members (excludes halogenated alkanes) is 2. The van der Waals surface area contributed by atoms with Crippen molar-refractivity contribution < 1.29 is 14.4 Å². The summed E-state index contributed by atoms with van der Waals surface area (Å²) in [6, 6.07) is 8.34. The van der Waals surface area contributed by atoms with Gasteiger partial charge in [-0.2, -0.15) is 4.76 Å². The molecule has 6 heteroatoms. The van der Waals surface area contributed by atoms with Crippen LogP contribution in [0.3, 0.4) is 0 Å². The molecule has 106 valence electrons. The Morgan fingerprint density at radius 2 is 1.84 bits per heavy atom. The Bertz CT molecular complexity index is 442. The highest BCUT2D eigenvalue weighted by Crippen LogP contribution is 2.36. The molecule has 0 atom stereocenters. The predicted molar refractivity (Wildman–Crippen MR) is 81.5 cm³/mol. The quantitative estimate of drug-likeness (QED) is 0.332. The molecule has 0 aliphatic carbocycles. The second-order valence-electron chi connectivity index (χ2n) is 4.32. The molecule has 1 rings (SSSR count). The standard InChI is InChI=1S/C13H20NO3PS/c1-2-3-4-5-12-6-8-13(9-7-12)10-19-11-14-18(15,16)17/h6-9,11H,2-5,10H2,1H3,(H2,15,16,17)/b14-11+. The Kier molecular flexibility index (Phi) is 7.39. The molecule has 4 nitrogen and oxygen atoms in total. The molecule has 0 heterocycles. The van der Waals surface area contributed by atoms with E-state index < -0.39 is 7.75 Å². The minimum absolute atomic E-state index is 0.665. The van der Waals surface area contributed by atoms with Crippen LogP contribution in [-0.2, 0) is 16.7 Å². The summed E-state index contributed by atoms with van der Waals surface area (Å²) in [6.07, 6.45) is 4.82. The molecule has 0 amide bonds. The maximum Gasteiger partial charge on any atom is 0.449 e. The highest BCUT2D eigenvalue weighted by atomic mass is 32.2. The van der Waals surface area contributed by atoms with Gasteiger partial charge in [0.2, 0.25) is 0 Å². The molecule has 2 N–H and O–H groups in total. The van der Waals surface area contributed by atoms with Crippen LogP contribution in [0.25, 0.3) is 0 Å². The highest BCUT2D eigenvalue weighted by molar-refractivity contribution is 8.11. The second kappa shape index (κ2) is 8.54. The lowest BCUT2D eigenvalue weighted by atomic mass is 10.1. The van der Waals surface area contributed by atoms with Crippen molar-refractivity contribution in [3.05, 3.63) is 35.4 Å². The molecule has 0 aromatic heterocycles. The zero-order chi connectivity index (χ0) is 14.1. The van der Waals surface area contributed by atoms with Gasteiger partial charge in [0.25, 0.3) is 0 Å². The van der Waals surface area contributed by atoms with Gasteiger partial charge in [-0.15, -0.1) is 11.8 Å². The number of hydrogen-bond acceptors (Lipinski definition) is 2. The van der Waals surface area contributed by atoms with Crippen LogP contribution in [0, 0.1) is 0 Å². The number of rotatable bonds is 8. The summed E-state index contributed by atoms with van der Waals surface area (Å²) in [5.41, 5.74) is 3.68. The minimum Gasteiger partial charge on any atom is -0.307 e. The molecule has 0 spiro atoms. The summed E-state index contributed by atoms with van der Waals surface area (Å²) in [7, 11) is -4.26. The molecule has 0 saturated heterocycles. The zero-order valence-electron chi connectivity index (χ0n) is 11.0. The predicted octanol–water partition coefficient (Wildman–Crippen LogP) is 3.77. The monoisotopic (exact) mass is 301 g/mol. The van der Waals surface area contributed by atoms with Crippen LogP contribution < -0.4 is 0 Å². The van der Waals surface area contributed by atoms with Crippen molar-refractivity contribution in [3.63, 3.8) is 0 Å². The maximum absolute atomic E-state index is 10.5. The SMILES string of the molecule is CCCCCc1ccc(CS/C=N/P(=O)(O)O)cc1. The van der Waals surface area contributed by atoms with Gasteiger partial charge in [-0.25, -0.2) is 4.57 Å². The third-order valence-electron chi connectivity index (χ3n) is 2.61. The van der Waals surface area contributed by atoms with Crippen LogP contribution >= 0.6 is 19.5 Å². The molecular weight excluding hydrogens is 281 g/mol. The Morgan fingerprint density at radius 3 is 2.42 bits per heavy atom. The van der Waals surface area contributed by atoms with Crippen LogP contribution in [0.2, 0.25) is 0 Å². The Hall–Kier alpha value is -0.610. The normalized spacial score (nSPS) is 12.2. The van der Waals surface area contributed by atoms with Crippen molar-refractivity contribution >= 4 is 25.1 Å². The lowest BCUT2D eigenvalue weighted by molar-refractivity contribution is 0.375. The largest absolute Gasteiger partial charge is 0.449 e. The average molecular weight is 301 g/mol. The van der Waals surface area contributed by atoms with Gasteiger partial charge in [0.05, 0.1) is 5.55 Å². The Morgan fingerprint density at radius 1 is 1.21 bits per heavy atom. The minimum atomic E-state index is -4.26. The van der Waals surface area contributed by atoms with Crippen LogP contribution in [0.5, 0.6) is 0 Å². The summed E-state index contributed by atoms with van der Waals surface area (Å²) >= 11 is 1.28. The van der Waals surface area contributed by atoms with Crippen LogP contribution in [-0.4, -0.2) is 15.3 Å². The van der Waals surface area contributed by atoms with Crippen molar-refractivity contribution in [1.29, 1.82) is 0 Å². The number of hydrogen-bond donors (Lipinski definition) is 2. The van der Waals surface area contributed by atoms with Crippen LogP contribution in [0.1, 0.15) is 37.3 Å². The molecule has 1 aromatic carbocycles. The van der Waals surface area contributed by atoms with E-state index in [-0.39, 0.29) is 0 Å². The van der Waals surface area contributed by atoms with Crippen LogP contribution in [0.4, 0.5) is 0 Å². The summed E-state index contributed by atoms with van der Waals surface area (Å²) in [5, 5.41) is 0. The number of thioether (sulfide) groups is 1. The first-order valence-electron chi connectivity index (χ1n) is 6.30. The Balaban J connectivity index is 2.36. The van der Waals surface area contributed by atoms with Crippen LogP contribution in [0.15, 0.2) is 29.0 Å².